The Morgan fingerprint density at radius 3 is 2.59 bits per heavy atom. The lowest BCUT2D eigenvalue weighted by Gasteiger charge is -2.35. The van der Waals surface area contributed by atoms with E-state index in [-0.39, 0.29) is 22.7 Å². The summed E-state index contributed by atoms with van der Waals surface area (Å²) in [6.07, 6.45) is 3.06. The van der Waals surface area contributed by atoms with Crippen molar-refractivity contribution >= 4 is 38.5 Å². The average Bonchev–Trinajstić information content (AvgIpc) is 3.07. The number of nitrogens with two attached hydrogens (primary N) is 2. The van der Waals surface area contributed by atoms with Crippen molar-refractivity contribution in [2.45, 2.75) is 36.8 Å². The van der Waals surface area contributed by atoms with E-state index >= 15 is 0 Å². The Morgan fingerprint density at radius 2 is 1.93 bits per heavy atom. The number of hydrogen-bond acceptors (Lipinski definition) is 7. The van der Waals surface area contributed by atoms with Crippen LogP contribution in [0.2, 0.25) is 0 Å². The number of amides is 1. The molecule has 1 saturated carbocycles. The average molecular weight is 415 g/mol. The van der Waals surface area contributed by atoms with E-state index in [2.05, 4.69) is 10.3 Å². The lowest BCUT2D eigenvalue weighted by atomic mass is 9.89. The topological polar surface area (TPSA) is 142 Å². The van der Waals surface area contributed by atoms with Gasteiger partial charge in [0, 0.05) is 30.5 Å². The Kier molecular flexibility index (Phi) is 4.58. The van der Waals surface area contributed by atoms with Crippen LogP contribution in [0.4, 0.5) is 16.2 Å². The Bertz CT molecular complexity index is 1180. The van der Waals surface area contributed by atoms with Crippen molar-refractivity contribution in [1.82, 2.24) is 8.96 Å². The summed E-state index contributed by atoms with van der Waals surface area (Å²) in [6, 6.07) is 8.34. The molecule has 5 N–H and O–H groups in total. The first-order chi connectivity index (χ1) is 13.8. The van der Waals surface area contributed by atoms with Gasteiger partial charge in [-0.2, -0.15) is 0 Å². The van der Waals surface area contributed by atoms with Crippen LogP contribution in [0, 0.1) is 6.92 Å². The van der Waals surface area contributed by atoms with Crippen LogP contribution in [0.1, 0.15) is 18.4 Å². The van der Waals surface area contributed by atoms with Gasteiger partial charge < -0.3 is 21.5 Å². The number of carbonyl (C=O) groups excluding carboxylic acids is 1. The zero-order chi connectivity index (χ0) is 20.8. The maximum atomic E-state index is 13.1. The molecule has 152 valence electrons. The van der Waals surface area contributed by atoms with Crippen molar-refractivity contribution < 1.29 is 17.9 Å². The zero-order valence-electron chi connectivity index (χ0n) is 15.7. The summed E-state index contributed by atoms with van der Waals surface area (Å²) in [4.78, 5) is 15.2. The van der Waals surface area contributed by atoms with Crippen molar-refractivity contribution in [3.8, 4) is 0 Å². The Morgan fingerprint density at radius 1 is 1.24 bits per heavy atom. The van der Waals surface area contributed by atoms with Crippen LogP contribution in [0.3, 0.4) is 0 Å². The molecule has 1 aliphatic carbocycles. The first kappa shape index (κ1) is 19.1. The fourth-order valence-corrected chi connectivity index (χ4v) is 4.71. The third-order valence-corrected chi connectivity index (χ3v) is 6.69. The molecule has 1 aliphatic rings. The second-order valence-corrected chi connectivity index (χ2v) is 8.94. The van der Waals surface area contributed by atoms with E-state index in [9.17, 15) is 13.2 Å². The standard InChI is InChI=1S/C19H21N5O4S/c1-11-2-4-14(5-3-11)29(26,27)24-7-6-15-17(16(20)10-22-18(15)24)23-12-8-13(9-12)28-19(21)25/h2-7,10,12-13H,8-9,20H2,1H3,(H2,21,25)(H,22,23)/t12-,13+. The van der Waals surface area contributed by atoms with Crippen LogP contribution in [-0.2, 0) is 14.8 Å². The molecule has 1 amide bonds. The van der Waals surface area contributed by atoms with Crippen LogP contribution in [0.15, 0.2) is 47.6 Å². The number of nitrogens with one attached hydrogen (secondary N) is 1. The normalized spacial score (nSPS) is 18.9. The van der Waals surface area contributed by atoms with E-state index in [1.165, 1.54) is 12.4 Å². The molecule has 0 aliphatic heterocycles. The van der Waals surface area contributed by atoms with Gasteiger partial charge in [-0.15, -0.1) is 0 Å². The van der Waals surface area contributed by atoms with E-state index < -0.39 is 16.1 Å². The molecule has 0 radical (unpaired) electrons. The molecule has 29 heavy (non-hydrogen) atoms. The summed E-state index contributed by atoms with van der Waals surface area (Å²) < 4.78 is 32.2. The van der Waals surface area contributed by atoms with Gasteiger partial charge in [-0.25, -0.2) is 22.2 Å². The molecule has 0 unspecified atom stereocenters. The number of anilines is 2. The van der Waals surface area contributed by atoms with Crippen LogP contribution in [0.5, 0.6) is 0 Å². The first-order valence-electron chi connectivity index (χ1n) is 9.06. The highest BCUT2D eigenvalue weighted by Gasteiger charge is 2.32. The quantitative estimate of drug-likeness (QED) is 0.580. The lowest BCUT2D eigenvalue weighted by molar-refractivity contribution is 0.0518. The van der Waals surface area contributed by atoms with Gasteiger partial charge in [-0.3, -0.25) is 0 Å². The van der Waals surface area contributed by atoms with E-state index in [0.717, 1.165) is 9.54 Å². The van der Waals surface area contributed by atoms with Crippen molar-refractivity contribution in [3.63, 3.8) is 0 Å². The molecule has 4 rings (SSSR count). The molecule has 0 spiro atoms. The fourth-order valence-electron chi connectivity index (χ4n) is 3.41. The number of primary amides is 1. The first-order valence-corrected chi connectivity index (χ1v) is 10.5. The molecule has 10 heteroatoms. The number of rotatable bonds is 5. The van der Waals surface area contributed by atoms with Gasteiger partial charge >= 0.3 is 6.09 Å². The number of carbonyl (C=O) groups is 1. The molecule has 2 heterocycles. The molecule has 0 saturated heterocycles. The third-order valence-electron chi connectivity index (χ3n) is 5.01. The van der Waals surface area contributed by atoms with E-state index in [1.54, 1.807) is 30.3 Å². The van der Waals surface area contributed by atoms with Crippen molar-refractivity contribution in [2.24, 2.45) is 5.73 Å². The van der Waals surface area contributed by atoms with Gasteiger partial charge in [-0.05, 0) is 25.1 Å². The minimum Gasteiger partial charge on any atom is -0.446 e. The van der Waals surface area contributed by atoms with Gasteiger partial charge in [0.05, 0.1) is 22.5 Å². The van der Waals surface area contributed by atoms with E-state index in [1.807, 2.05) is 6.92 Å². The predicted molar refractivity (Wildman–Crippen MR) is 109 cm³/mol. The molecule has 0 bridgehead atoms. The number of fused-ring (bicyclic) bond motifs is 1. The van der Waals surface area contributed by atoms with Gasteiger partial charge in [0.15, 0.2) is 5.65 Å². The Balaban J connectivity index is 1.65. The van der Waals surface area contributed by atoms with Crippen LogP contribution >= 0.6 is 0 Å². The SMILES string of the molecule is Cc1ccc(S(=O)(=O)n2ccc3c(N[C@H]4C[C@@H](OC(N)=O)C4)c(N)cnc32)cc1. The summed E-state index contributed by atoms with van der Waals surface area (Å²) in [7, 11) is -3.80. The Labute approximate surface area is 167 Å². The smallest absolute Gasteiger partial charge is 0.404 e. The number of pyridine rings is 1. The van der Waals surface area contributed by atoms with Crippen molar-refractivity contribution in [3.05, 3.63) is 48.3 Å². The van der Waals surface area contributed by atoms with Gasteiger partial charge in [0.2, 0.25) is 0 Å². The number of nitrogens with zero attached hydrogens (tertiary/aromatic N) is 2. The number of ether oxygens (including phenoxy) is 1. The van der Waals surface area contributed by atoms with Gasteiger partial charge in [0.25, 0.3) is 10.0 Å². The molecular formula is C19H21N5O4S. The molecule has 1 aromatic carbocycles. The van der Waals surface area contributed by atoms with Crippen LogP contribution in [0.25, 0.3) is 11.0 Å². The maximum absolute atomic E-state index is 13.1. The second-order valence-electron chi connectivity index (χ2n) is 7.13. The minimum absolute atomic E-state index is 0.0318. The predicted octanol–water partition coefficient (Wildman–Crippen LogP) is 2.20. The highest BCUT2D eigenvalue weighted by Crippen LogP contribution is 2.34. The maximum Gasteiger partial charge on any atom is 0.404 e. The number of aryl methyl sites for hydroxylation is 1. The molecule has 9 nitrogen and oxygen atoms in total. The van der Waals surface area contributed by atoms with Gasteiger partial charge in [-0.1, -0.05) is 17.7 Å². The fraction of sp³-hybridized carbons (Fsp3) is 0.263. The Hall–Kier alpha value is -3.27. The number of nitrogen functional groups attached to an aromatic ring is 1. The van der Waals surface area contributed by atoms with E-state index in [4.69, 9.17) is 16.2 Å². The molecule has 1 fully saturated rings. The summed E-state index contributed by atoms with van der Waals surface area (Å²) in [5.74, 6) is 0. The molecule has 0 atom stereocenters. The van der Waals surface area contributed by atoms with Crippen molar-refractivity contribution in [1.29, 1.82) is 0 Å². The van der Waals surface area contributed by atoms with Crippen LogP contribution in [-0.4, -0.2) is 35.6 Å². The van der Waals surface area contributed by atoms with E-state index in [0.29, 0.717) is 29.6 Å². The van der Waals surface area contributed by atoms with Crippen molar-refractivity contribution in [2.75, 3.05) is 11.1 Å². The monoisotopic (exact) mass is 415 g/mol. The highest BCUT2D eigenvalue weighted by atomic mass is 32.2. The number of aromatic nitrogens is 2. The minimum atomic E-state index is -3.80. The summed E-state index contributed by atoms with van der Waals surface area (Å²) >= 11 is 0. The molecule has 3 aromatic rings. The molecule has 2 aromatic heterocycles. The summed E-state index contributed by atoms with van der Waals surface area (Å²) in [5.41, 5.74) is 13.4. The number of benzene rings is 1. The lowest BCUT2D eigenvalue weighted by Crippen LogP contribution is -2.42. The third kappa shape index (κ3) is 3.46. The largest absolute Gasteiger partial charge is 0.446 e. The highest BCUT2D eigenvalue weighted by molar-refractivity contribution is 7.90. The number of hydrogen-bond donors (Lipinski definition) is 3. The van der Waals surface area contributed by atoms with Gasteiger partial charge in [0.1, 0.15) is 6.10 Å². The molecular weight excluding hydrogens is 394 g/mol. The van der Waals surface area contributed by atoms with Crippen LogP contribution < -0.4 is 16.8 Å². The summed E-state index contributed by atoms with van der Waals surface area (Å²) in [5, 5.41) is 3.90. The summed E-state index contributed by atoms with van der Waals surface area (Å²) in [6.45, 7) is 1.89. The second kappa shape index (κ2) is 6.96. The zero-order valence-corrected chi connectivity index (χ0v) is 16.5.